The highest BCUT2D eigenvalue weighted by Crippen LogP contribution is 2.34. The van der Waals surface area contributed by atoms with Crippen molar-refractivity contribution in [1.82, 2.24) is 14.8 Å². The van der Waals surface area contributed by atoms with Crippen LogP contribution >= 0.6 is 11.3 Å². The molecule has 0 unspecified atom stereocenters. The number of aryl methyl sites for hydroxylation is 1. The second kappa shape index (κ2) is 9.52. The molecule has 0 radical (unpaired) electrons. The number of hydrogen-bond donors (Lipinski definition) is 1. The molecule has 1 N–H and O–H groups in total. The van der Waals surface area contributed by atoms with E-state index in [9.17, 15) is 9.18 Å². The van der Waals surface area contributed by atoms with Crippen LogP contribution in [0.15, 0.2) is 84.2 Å². The van der Waals surface area contributed by atoms with E-state index < -0.39 is 0 Å². The van der Waals surface area contributed by atoms with E-state index in [2.05, 4.69) is 15.4 Å². The van der Waals surface area contributed by atoms with Gasteiger partial charge in [0.05, 0.1) is 24.2 Å². The molecule has 5 aromatic rings. The fourth-order valence-electron chi connectivity index (χ4n) is 3.76. The topological polar surface area (TPSA) is 69.0 Å². The van der Waals surface area contributed by atoms with E-state index in [1.54, 1.807) is 43.1 Å². The monoisotopic (exact) mass is 484 g/mol. The van der Waals surface area contributed by atoms with Crippen LogP contribution in [0.5, 0.6) is 5.75 Å². The first-order valence-electron chi connectivity index (χ1n) is 10.8. The minimum absolute atomic E-state index is 0.300. The van der Waals surface area contributed by atoms with E-state index in [0.29, 0.717) is 39.1 Å². The zero-order valence-electron chi connectivity index (χ0n) is 19.0. The molecule has 5 rings (SSSR count). The number of carbonyl (C=O) groups excluding carboxylic acids is 1. The van der Waals surface area contributed by atoms with E-state index in [4.69, 9.17) is 4.74 Å². The molecule has 2 aromatic heterocycles. The Bertz CT molecular complexity index is 1530. The van der Waals surface area contributed by atoms with Crippen LogP contribution in [0.4, 0.5) is 10.1 Å². The number of ether oxygens (including phenoxy) is 1. The van der Waals surface area contributed by atoms with Crippen molar-refractivity contribution < 1.29 is 13.9 Å². The van der Waals surface area contributed by atoms with Gasteiger partial charge in [-0.05, 0) is 36.4 Å². The van der Waals surface area contributed by atoms with Gasteiger partial charge in [0.2, 0.25) is 0 Å². The molecule has 174 valence electrons. The molecule has 0 bridgehead atoms. The van der Waals surface area contributed by atoms with Gasteiger partial charge in [-0.3, -0.25) is 9.48 Å². The maximum absolute atomic E-state index is 14.2. The van der Waals surface area contributed by atoms with Crippen molar-refractivity contribution in [2.45, 2.75) is 0 Å². The van der Waals surface area contributed by atoms with Gasteiger partial charge in [0.15, 0.2) is 0 Å². The van der Waals surface area contributed by atoms with Crippen molar-refractivity contribution in [2.24, 2.45) is 7.05 Å². The van der Waals surface area contributed by atoms with Crippen molar-refractivity contribution in [2.75, 3.05) is 12.4 Å². The summed E-state index contributed by atoms with van der Waals surface area (Å²) in [7, 11) is 3.33. The third-order valence-electron chi connectivity index (χ3n) is 5.54. The predicted octanol–water partition coefficient (Wildman–Crippen LogP) is 6.28. The molecule has 2 heterocycles. The zero-order valence-corrected chi connectivity index (χ0v) is 19.8. The van der Waals surface area contributed by atoms with Gasteiger partial charge < -0.3 is 10.1 Å². The summed E-state index contributed by atoms with van der Waals surface area (Å²) in [5.74, 6) is 0.0929. The Balaban J connectivity index is 1.42. The van der Waals surface area contributed by atoms with Gasteiger partial charge in [-0.1, -0.05) is 42.5 Å². The van der Waals surface area contributed by atoms with E-state index in [1.807, 2.05) is 53.9 Å². The van der Waals surface area contributed by atoms with Crippen LogP contribution in [0.3, 0.4) is 0 Å². The highest BCUT2D eigenvalue weighted by atomic mass is 32.1. The van der Waals surface area contributed by atoms with Crippen LogP contribution in [0, 0.1) is 5.82 Å². The highest BCUT2D eigenvalue weighted by molar-refractivity contribution is 7.13. The van der Waals surface area contributed by atoms with Crippen LogP contribution < -0.4 is 10.1 Å². The van der Waals surface area contributed by atoms with Crippen LogP contribution in [-0.4, -0.2) is 27.8 Å². The normalized spacial score (nSPS) is 10.8. The third kappa shape index (κ3) is 4.56. The lowest BCUT2D eigenvalue weighted by Crippen LogP contribution is -2.16. The third-order valence-corrected chi connectivity index (χ3v) is 6.41. The fraction of sp³-hybridized carbons (Fsp3) is 0.0741. The lowest BCUT2D eigenvalue weighted by Gasteiger charge is -2.09. The number of amides is 1. The van der Waals surface area contributed by atoms with E-state index in [-0.39, 0.29) is 11.7 Å². The van der Waals surface area contributed by atoms with Gasteiger partial charge >= 0.3 is 0 Å². The Kier molecular flexibility index (Phi) is 6.12. The molecule has 35 heavy (non-hydrogen) atoms. The summed E-state index contributed by atoms with van der Waals surface area (Å²) in [5.41, 5.74) is 4.38. The van der Waals surface area contributed by atoms with Gasteiger partial charge in [0, 0.05) is 29.1 Å². The molecule has 0 saturated heterocycles. The van der Waals surface area contributed by atoms with Crippen molar-refractivity contribution in [3.8, 4) is 38.8 Å². The van der Waals surface area contributed by atoms with Crippen molar-refractivity contribution in [3.05, 3.63) is 95.8 Å². The number of nitrogens with zero attached hydrogens (tertiary/aromatic N) is 3. The number of nitrogens with one attached hydrogen (secondary N) is 1. The fourth-order valence-corrected chi connectivity index (χ4v) is 4.61. The number of rotatable bonds is 6. The zero-order chi connectivity index (χ0) is 24.4. The Morgan fingerprint density at radius 1 is 0.971 bits per heavy atom. The van der Waals surface area contributed by atoms with E-state index in [0.717, 1.165) is 11.1 Å². The largest absolute Gasteiger partial charge is 0.497 e. The van der Waals surface area contributed by atoms with Gasteiger partial charge in [-0.2, -0.15) is 5.10 Å². The smallest absolute Gasteiger partial charge is 0.273 e. The molecule has 6 nitrogen and oxygen atoms in total. The lowest BCUT2D eigenvalue weighted by molar-refractivity contribution is 0.101. The first-order chi connectivity index (χ1) is 17.0. The van der Waals surface area contributed by atoms with Crippen LogP contribution in [-0.2, 0) is 7.05 Å². The van der Waals surface area contributed by atoms with Crippen molar-refractivity contribution in [1.29, 1.82) is 0 Å². The van der Waals surface area contributed by atoms with E-state index >= 15 is 0 Å². The van der Waals surface area contributed by atoms with Crippen LogP contribution in [0.1, 0.15) is 10.5 Å². The first-order valence-corrected chi connectivity index (χ1v) is 11.7. The number of benzene rings is 3. The molecule has 0 fully saturated rings. The van der Waals surface area contributed by atoms with Crippen molar-refractivity contribution in [3.63, 3.8) is 0 Å². The number of carbonyl (C=O) groups is 1. The molecule has 0 aliphatic carbocycles. The summed E-state index contributed by atoms with van der Waals surface area (Å²) >= 11 is 1.35. The Morgan fingerprint density at radius 3 is 2.54 bits per heavy atom. The Labute approximate surface area is 205 Å². The van der Waals surface area contributed by atoms with E-state index in [1.165, 1.54) is 17.4 Å². The van der Waals surface area contributed by atoms with Gasteiger partial charge in [0.25, 0.3) is 5.91 Å². The Morgan fingerprint density at radius 2 is 1.74 bits per heavy atom. The second-order valence-electron chi connectivity index (χ2n) is 7.79. The van der Waals surface area contributed by atoms with Gasteiger partial charge in [0.1, 0.15) is 22.3 Å². The number of halogens is 1. The summed E-state index contributed by atoms with van der Waals surface area (Å²) in [5, 5.41) is 9.92. The van der Waals surface area contributed by atoms with Crippen molar-refractivity contribution >= 4 is 22.9 Å². The minimum Gasteiger partial charge on any atom is -0.497 e. The summed E-state index contributed by atoms with van der Waals surface area (Å²) in [4.78, 5) is 17.8. The number of para-hydroxylation sites is 1. The molecule has 0 atom stereocenters. The first kappa shape index (κ1) is 22.5. The number of aromatic nitrogens is 3. The molecule has 0 saturated carbocycles. The molecule has 0 aliphatic rings. The molecule has 3 aromatic carbocycles. The lowest BCUT2D eigenvalue weighted by atomic mass is 10.1. The summed E-state index contributed by atoms with van der Waals surface area (Å²) < 4.78 is 21.1. The SMILES string of the molecule is COc1cccc(-c2cc(C(=O)Nc3ccccc3-c3csc(-c4ccccc4F)n3)n(C)n2)c1. The number of methoxy groups -OCH3 is 1. The summed E-state index contributed by atoms with van der Waals surface area (Å²) in [6.07, 6.45) is 0. The maximum atomic E-state index is 14.2. The second-order valence-corrected chi connectivity index (χ2v) is 8.65. The number of hydrogen-bond acceptors (Lipinski definition) is 5. The average Bonchev–Trinajstić information content (AvgIpc) is 3.52. The standard InChI is InChI=1S/C27H21FN4O2S/c1-32-25(15-23(31-32)17-8-7-9-18(14-17)34-2)26(33)29-22-13-6-4-11-20(22)24-16-35-27(30-24)19-10-3-5-12-21(19)28/h3-16H,1-2H3,(H,29,33). The maximum Gasteiger partial charge on any atom is 0.273 e. The predicted molar refractivity (Wildman–Crippen MR) is 136 cm³/mol. The van der Waals surface area contributed by atoms with Gasteiger partial charge in [-0.15, -0.1) is 11.3 Å². The Hall–Kier alpha value is -4.30. The molecular formula is C27H21FN4O2S. The molecular weight excluding hydrogens is 463 g/mol. The van der Waals surface area contributed by atoms with Gasteiger partial charge in [-0.25, -0.2) is 9.37 Å². The number of thiazole rings is 1. The quantitative estimate of drug-likeness (QED) is 0.308. The summed E-state index contributed by atoms with van der Waals surface area (Å²) in [6, 6.07) is 23.2. The molecule has 8 heteroatoms. The van der Waals surface area contributed by atoms with Crippen LogP contribution in [0.2, 0.25) is 0 Å². The van der Waals surface area contributed by atoms with Crippen LogP contribution in [0.25, 0.3) is 33.1 Å². The average molecular weight is 485 g/mol. The molecule has 1 amide bonds. The molecule has 0 spiro atoms. The highest BCUT2D eigenvalue weighted by Gasteiger charge is 2.18. The summed E-state index contributed by atoms with van der Waals surface area (Å²) in [6.45, 7) is 0. The minimum atomic E-state index is -0.321. The molecule has 0 aliphatic heterocycles. The number of anilines is 1.